The van der Waals surface area contributed by atoms with Crippen LogP contribution in [0, 0.1) is 13.7 Å². The van der Waals surface area contributed by atoms with Crippen molar-refractivity contribution in [2.45, 2.75) is 6.92 Å². The second-order valence-electron chi connectivity index (χ2n) is 2.71. The first kappa shape index (κ1) is 10.9. The van der Waals surface area contributed by atoms with Crippen LogP contribution in [0.3, 0.4) is 0 Å². The zero-order valence-corrected chi connectivity index (χ0v) is 9.44. The molecule has 0 spiro atoms. The molecule has 2 N–H and O–H groups in total. The molecule has 0 heterocycles. The molecule has 0 bridgehead atoms. The summed E-state index contributed by atoms with van der Waals surface area (Å²) in [4.78, 5) is 21.0. The van der Waals surface area contributed by atoms with Crippen LogP contribution in [0.2, 0.25) is 0 Å². The van der Waals surface area contributed by atoms with Gasteiger partial charge in [-0.05, 0) is 29.5 Å². The van der Waals surface area contributed by atoms with Crippen LogP contribution in [0.15, 0.2) is 12.1 Å². The Labute approximate surface area is 93.6 Å². The first-order valence-corrected chi connectivity index (χ1v) is 4.75. The number of rotatable bonds is 2. The molecule has 5 nitrogen and oxygen atoms in total. The standard InChI is InChI=1S/C8H7IN2O3/c1-4(12)8-6(9)2-5(11(13)14)3-7(8)10/h2-3H,10H2,1H3. The Kier molecular flexibility index (Phi) is 3.04. The maximum atomic E-state index is 11.1. The van der Waals surface area contributed by atoms with Gasteiger partial charge in [-0.1, -0.05) is 0 Å². The van der Waals surface area contributed by atoms with Gasteiger partial charge in [-0.3, -0.25) is 14.9 Å². The Morgan fingerprint density at radius 3 is 2.50 bits per heavy atom. The van der Waals surface area contributed by atoms with E-state index in [1.807, 2.05) is 22.6 Å². The van der Waals surface area contributed by atoms with Crippen molar-refractivity contribution in [2.24, 2.45) is 0 Å². The first-order valence-electron chi connectivity index (χ1n) is 3.68. The summed E-state index contributed by atoms with van der Waals surface area (Å²) in [6.07, 6.45) is 0. The Bertz CT molecular complexity index is 394. The molecule has 0 amide bonds. The fourth-order valence-electron chi connectivity index (χ4n) is 1.09. The molecule has 74 valence electrons. The van der Waals surface area contributed by atoms with Crippen molar-refractivity contribution in [2.75, 3.05) is 5.73 Å². The highest BCUT2D eigenvalue weighted by Gasteiger charge is 2.15. The molecule has 0 radical (unpaired) electrons. The van der Waals surface area contributed by atoms with Gasteiger partial charge in [0.05, 0.1) is 16.2 Å². The Morgan fingerprint density at radius 1 is 1.57 bits per heavy atom. The summed E-state index contributed by atoms with van der Waals surface area (Å²) in [6.45, 7) is 1.37. The fourth-order valence-corrected chi connectivity index (χ4v) is 2.10. The summed E-state index contributed by atoms with van der Waals surface area (Å²) in [5.41, 5.74) is 5.92. The minimum atomic E-state index is -0.539. The lowest BCUT2D eigenvalue weighted by atomic mass is 10.1. The molecular weight excluding hydrogens is 299 g/mol. The number of nitro benzene ring substituents is 1. The molecule has 0 aromatic heterocycles. The minimum Gasteiger partial charge on any atom is -0.398 e. The quantitative estimate of drug-likeness (QED) is 0.298. The number of hydrogen-bond donors (Lipinski definition) is 1. The molecule has 0 atom stereocenters. The number of nitro groups is 1. The van der Waals surface area contributed by atoms with E-state index in [1.165, 1.54) is 19.1 Å². The van der Waals surface area contributed by atoms with E-state index >= 15 is 0 Å². The Hall–Kier alpha value is -1.18. The smallest absolute Gasteiger partial charge is 0.272 e. The highest BCUT2D eigenvalue weighted by atomic mass is 127. The van der Waals surface area contributed by atoms with Gasteiger partial charge >= 0.3 is 0 Å². The Morgan fingerprint density at radius 2 is 2.14 bits per heavy atom. The summed E-state index contributed by atoms with van der Waals surface area (Å²) in [5, 5.41) is 10.4. The van der Waals surface area contributed by atoms with Crippen molar-refractivity contribution in [3.63, 3.8) is 0 Å². The van der Waals surface area contributed by atoms with E-state index in [9.17, 15) is 14.9 Å². The Balaban J connectivity index is 3.39. The first-order chi connectivity index (χ1) is 6.43. The van der Waals surface area contributed by atoms with Crippen LogP contribution < -0.4 is 5.73 Å². The largest absolute Gasteiger partial charge is 0.398 e. The number of hydrogen-bond acceptors (Lipinski definition) is 4. The maximum Gasteiger partial charge on any atom is 0.272 e. The number of halogens is 1. The number of Topliss-reactive ketones (excluding diaryl/α,β-unsaturated/α-hetero) is 1. The van der Waals surface area contributed by atoms with Crippen LogP contribution in [0.1, 0.15) is 17.3 Å². The van der Waals surface area contributed by atoms with E-state index in [-0.39, 0.29) is 17.2 Å². The van der Waals surface area contributed by atoms with Crippen molar-refractivity contribution in [1.29, 1.82) is 0 Å². The van der Waals surface area contributed by atoms with Gasteiger partial charge in [0.1, 0.15) is 0 Å². The molecule has 6 heteroatoms. The third-order valence-electron chi connectivity index (χ3n) is 1.67. The van der Waals surface area contributed by atoms with Gasteiger partial charge in [-0.25, -0.2) is 0 Å². The van der Waals surface area contributed by atoms with Gasteiger partial charge in [-0.15, -0.1) is 0 Å². The van der Waals surface area contributed by atoms with Crippen LogP contribution in [-0.4, -0.2) is 10.7 Å². The minimum absolute atomic E-state index is 0.100. The van der Waals surface area contributed by atoms with E-state index in [2.05, 4.69) is 0 Å². The number of anilines is 1. The third-order valence-corrected chi connectivity index (χ3v) is 2.52. The molecule has 1 aromatic rings. The topological polar surface area (TPSA) is 86.2 Å². The summed E-state index contributed by atoms with van der Waals surface area (Å²) in [6, 6.07) is 2.52. The summed E-state index contributed by atoms with van der Waals surface area (Å²) in [7, 11) is 0. The molecule has 0 aliphatic rings. The van der Waals surface area contributed by atoms with Gasteiger partial charge in [0.2, 0.25) is 0 Å². The summed E-state index contributed by atoms with van der Waals surface area (Å²) in [5.74, 6) is -0.193. The summed E-state index contributed by atoms with van der Waals surface area (Å²) >= 11 is 1.85. The lowest BCUT2D eigenvalue weighted by Gasteiger charge is -2.04. The van der Waals surface area contributed by atoms with Crippen LogP contribution in [0.25, 0.3) is 0 Å². The molecular formula is C8H7IN2O3. The number of nitrogens with two attached hydrogens (primary N) is 1. The predicted octanol–water partition coefficient (Wildman–Crippen LogP) is 1.98. The molecule has 0 unspecified atom stereocenters. The number of non-ortho nitro benzene ring substituents is 1. The molecule has 1 aromatic carbocycles. The molecule has 0 saturated heterocycles. The van der Waals surface area contributed by atoms with Gasteiger partial charge < -0.3 is 5.73 Å². The second kappa shape index (κ2) is 3.91. The maximum absolute atomic E-state index is 11.1. The SMILES string of the molecule is CC(=O)c1c(N)cc([N+](=O)[O-])cc1I. The number of carbonyl (C=O) groups is 1. The number of nitrogen functional groups attached to an aromatic ring is 1. The van der Waals surface area contributed by atoms with E-state index in [0.29, 0.717) is 9.13 Å². The lowest BCUT2D eigenvalue weighted by molar-refractivity contribution is -0.384. The number of nitrogens with zero attached hydrogens (tertiary/aromatic N) is 1. The fraction of sp³-hybridized carbons (Fsp3) is 0.125. The van der Waals surface area contributed by atoms with Gasteiger partial charge in [0.25, 0.3) is 5.69 Å². The third kappa shape index (κ3) is 2.00. The molecule has 0 aliphatic heterocycles. The highest BCUT2D eigenvalue weighted by molar-refractivity contribution is 14.1. The van der Waals surface area contributed by atoms with Crippen molar-refractivity contribution in [3.05, 3.63) is 31.4 Å². The zero-order valence-electron chi connectivity index (χ0n) is 7.28. The second-order valence-corrected chi connectivity index (χ2v) is 3.87. The average molecular weight is 306 g/mol. The van der Waals surface area contributed by atoms with E-state index in [4.69, 9.17) is 5.73 Å². The predicted molar refractivity (Wildman–Crippen MR) is 60.2 cm³/mol. The zero-order chi connectivity index (χ0) is 10.9. The molecule has 0 saturated carbocycles. The van der Waals surface area contributed by atoms with Gasteiger partial charge in [0.15, 0.2) is 5.78 Å². The van der Waals surface area contributed by atoms with Crippen LogP contribution in [-0.2, 0) is 0 Å². The highest BCUT2D eigenvalue weighted by Crippen LogP contribution is 2.26. The monoisotopic (exact) mass is 306 g/mol. The normalized spacial score (nSPS) is 9.86. The van der Waals surface area contributed by atoms with Crippen LogP contribution >= 0.6 is 22.6 Å². The van der Waals surface area contributed by atoms with Crippen LogP contribution in [0.5, 0.6) is 0 Å². The van der Waals surface area contributed by atoms with E-state index in [0.717, 1.165) is 0 Å². The lowest BCUT2D eigenvalue weighted by Crippen LogP contribution is -2.04. The van der Waals surface area contributed by atoms with Crippen molar-refractivity contribution < 1.29 is 9.72 Å². The number of carbonyl (C=O) groups excluding carboxylic acids is 1. The van der Waals surface area contributed by atoms with E-state index in [1.54, 1.807) is 0 Å². The van der Waals surface area contributed by atoms with Crippen molar-refractivity contribution in [3.8, 4) is 0 Å². The summed E-state index contributed by atoms with van der Waals surface area (Å²) < 4.78 is 0.502. The van der Waals surface area contributed by atoms with Crippen molar-refractivity contribution in [1.82, 2.24) is 0 Å². The molecule has 14 heavy (non-hydrogen) atoms. The van der Waals surface area contributed by atoms with Gasteiger partial charge in [-0.2, -0.15) is 0 Å². The molecule has 0 fully saturated rings. The van der Waals surface area contributed by atoms with Gasteiger partial charge in [0, 0.05) is 15.7 Å². The van der Waals surface area contributed by atoms with E-state index < -0.39 is 4.92 Å². The molecule has 1 rings (SSSR count). The average Bonchev–Trinajstić information content (AvgIpc) is 2.01. The van der Waals surface area contributed by atoms with Crippen molar-refractivity contribution >= 4 is 39.7 Å². The molecule has 0 aliphatic carbocycles. The van der Waals surface area contributed by atoms with Crippen LogP contribution in [0.4, 0.5) is 11.4 Å². The number of benzene rings is 1. The number of ketones is 1.